The molecule has 2 heteroatoms. The lowest BCUT2D eigenvalue weighted by Crippen LogP contribution is -2.07. The molecule has 1 aliphatic rings. The van der Waals surface area contributed by atoms with Gasteiger partial charge in [-0.05, 0) is 12.8 Å². The van der Waals surface area contributed by atoms with E-state index in [1.54, 1.807) is 0 Å². The van der Waals surface area contributed by atoms with Crippen LogP contribution in [0.25, 0.3) is 0 Å². The molecule has 46 valence electrons. The lowest BCUT2D eigenvalue weighted by molar-refractivity contribution is 0.441. The van der Waals surface area contributed by atoms with E-state index < -0.39 is 0 Å². The number of hydrogen-bond acceptors (Lipinski definition) is 2. The van der Waals surface area contributed by atoms with Crippen molar-refractivity contribution in [2.24, 2.45) is 5.18 Å². The molecule has 0 amide bonds. The lowest BCUT2D eigenvalue weighted by Gasteiger charge is -2.13. The molecule has 0 radical (unpaired) electrons. The lowest BCUT2D eigenvalue weighted by atomic mass is 9.96. The highest BCUT2D eigenvalue weighted by Crippen LogP contribution is 2.19. The summed E-state index contributed by atoms with van der Waals surface area (Å²) in [6.07, 6.45) is 5.77. The highest BCUT2D eigenvalue weighted by atomic mass is 16.3. The van der Waals surface area contributed by atoms with E-state index in [1.165, 1.54) is 19.3 Å². The molecule has 0 aliphatic heterocycles. The summed E-state index contributed by atoms with van der Waals surface area (Å²) >= 11 is 0. The van der Waals surface area contributed by atoms with E-state index in [0.29, 0.717) is 0 Å². The Labute approximate surface area is 49.3 Å². The topological polar surface area (TPSA) is 29.4 Å². The largest absolute Gasteiger partial charge is 0.151 e. The van der Waals surface area contributed by atoms with Gasteiger partial charge >= 0.3 is 0 Å². The molecule has 0 spiro atoms. The summed E-state index contributed by atoms with van der Waals surface area (Å²) in [5.41, 5.74) is 0. The van der Waals surface area contributed by atoms with Gasteiger partial charge in [-0.3, -0.25) is 0 Å². The van der Waals surface area contributed by atoms with E-state index in [9.17, 15) is 4.91 Å². The summed E-state index contributed by atoms with van der Waals surface area (Å²) in [5, 5.41) is 3.00. The van der Waals surface area contributed by atoms with Crippen LogP contribution in [0.15, 0.2) is 5.18 Å². The van der Waals surface area contributed by atoms with Crippen LogP contribution in [-0.2, 0) is 0 Å². The van der Waals surface area contributed by atoms with Crippen molar-refractivity contribution in [3.63, 3.8) is 0 Å². The Hall–Kier alpha value is -0.400. The minimum absolute atomic E-state index is 0.156. The first-order chi connectivity index (χ1) is 3.93. The van der Waals surface area contributed by atoms with Crippen LogP contribution in [0.1, 0.15) is 32.1 Å². The molecule has 0 saturated heterocycles. The maximum absolute atomic E-state index is 9.91. The maximum Gasteiger partial charge on any atom is 0.0919 e. The van der Waals surface area contributed by atoms with Gasteiger partial charge in [0, 0.05) is 0 Å². The summed E-state index contributed by atoms with van der Waals surface area (Å²) in [7, 11) is 0. The third-order valence-electron chi connectivity index (χ3n) is 1.72. The molecule has 0 heterocycles. The van der Waals surface area contributed by atoms with Crippen molar-refractivity contribution in [3.05, 3.63) is 4.91 Å². The third-order valence-corrected chi connectivity index (χ3v) is 1.72. The van der Waals surface area contributed by atoms with Crippen LogP contribution in [0.2, 0.25) is 0 Å². The van der Waals surface area contributed by atoms with E-state index in [2.05, 4.69) is 5.18 Å². The Balaban J connectivity index is 2.22. The molecule has 1 saturated carbocycles. The molecule has 2 nitrogen and oxygen atoms in total. The first-order valence-corrected chi connectivity index (χ1v) is 3.26. The van der Waals surface area contributed by atoms with Crippen molar-refractivity contribution in [1.82, 2.24) is 0 Å². The van der Waals surface area contributed by atoms with Crippen molar-refractivity contribution < 1.29 is 0 Å². The summed E-state index contributed by atoms with van der Waals surface area (Å²) < 4.78 is 0. The van der Waals surface area contributed by atoms with Crippen LogP contribution in [0.4, 0.5) is 0 Å². The van der Waals surface area contributed by atoms with Crippen molar-refractivity contribution in [1.29, 1.82) is 0 Å². The van der Waals surface area contributed by atoms with E-state index in [4.69, 9.17) is 0 Å². The Morgan fingerprint density at radius 2 is 1.75 bits per heavy atom. The second kappa shape index (κ2) is 2.80. The van der Waals surface area contributed by atoms with Gasteiger partial charge in [0.2, 0.25) is 0 Å². The van der Waals surface area contributed by atoms with Crippen molar-refractivity contribution in [2.75, 3.05) is 0 Å². The van der Waals surface area contributed by atoms with Crippen molar-refractivity contribution in [2.45, 2.75) is 38.1 Å². The molecule has 0 bridgehead atoms. The van der Waals surface area contributed by atoms with Crippen LogP contribution < -0.4 is 0 Å². The van der Waals surface area contributed by atoms with Crippen LogP contribution in [0.3, 0.4) is 0 Å². The monoisotopic (exact) mass is 113 g/mol. The highest BCUT2D eigenvalue weighted by molar-refractivity contribution is 4.69. The maximum atomic E-state index is 9.91. The first kappa shape index (κ1) is 5.73. The average molecular weight is 113 g/mol. The zero-order valence-electron chi connectivity index (χ0n) is 4.97. The quantitative estimate of drug-likeness (QED) is 0.479. The van der Waals surface area contributed by atoms with Crippen LogP contribution in [-0.4, -0.2) is 6.04 Å². The van der Waals surface area contributed by atoms with E-state index >= 15 is 0 Å². The predicted octanol–water partition coefficient (Wildman–Crippen LogP) is 2.09. The molecular weight excluding hydrogens is 102 g/mol. The van der Waals surface area contributed by atoms with Crippen molar-refractivity contribution >= 4 is 0 Å². The Morgan fingerprint density at radius 3 is 2.12 bits per heavy atom. The zero-order chi connectivity index (χ0) is 5.82. The molecule has 0 atom stereocenters. The minimum atomic E-state index is 0.156. The minimum Gasteiger partial charge on any atom is -0.151 e. The Kier molecular flexibility index (Phi) is 2.00. The van der Waals surface area contributed by atoms with Crippen LogP contribution in [0.5, 0.6) is 0 Å². The first-order valence-electron chi connectivity index (χ1n) is 3.26. The molecule has 8 heavy (non-hydrogen) atoms. The predicted molar refractivity (Wildman–Crippen MR) is 32.7 cm³/mol. The Bertz CT molecular complexity index is 76.6. The SMILES string of the molecule is O=NC1CCCCC1. The molecule has 0 N–H and O–H groups in total. The summed E-state index contributed by atoms with van der Waals surface area (Å²) in [6, 6.07) is 0.156. The van der Waals surface area contributed by atoms with Gasteiger partial charge in [-0.15, -0.1) is 0 Å². The normalized spacial score (nSPS) is 23.0. The summed E-state index contributed by atoms with van der Waals surface area (Å²) in [5.74, 6) is 0. The highest BCUT2D eigenvalue weighted by Gasteiger charge is 2.11. The van der Waals surface area contributed by atoms with Gasteiger partial charge in [0.25, 0.3) is 0 Å². The van der Waals surface area contributed by atoms with Crippen LogP contribution in [0, 0.1) is 4.91 Å². The molecule has 0 aromatic carbocycles. The fourth-order valence-corrected chi connectivity index (χ4v) is 1.19. The fourth-order valence-electron chi connectivity index (χ4n) is 1.19. The van der Waals surface area contributed by atoms with Gasteiger partial charge in [0.1, 0.15) is 0 Å². The molecule has 0 aromatic heterocycles. The van der Waals surface area contributed by atoms with Gasteiger partial charge in [-0.1, -0.05) is 24.4 Å². The molecule has 0 unspecified atom stereocenters. The number of nitroso groups, excluding NO2 is 1. The van der Waals surface area contributed by atoms with Gasteiger partial charge in [-0.2, -0.15) is 4.91 Å². The van der Waals surface area contributed by atoms with E-state index in [0.717, 1.165) is 12.8 Å². The number of rotatable bonds is 1. The van der Waals surface area contributed by atoms with Crippen molar-refractivity contribution in [3.8, 4) is 0 Å². The second-order valence-electron chi connectivity index (χ2n) is 2.40. The number of hydrogen-bond donors (Lipinski definition) is 0. The molecule has 1 fully saturated rings. The van der Waals surface area contributed by atoms with E-state index in [-0.39, 0.29) is 6.04 Å². The molecule has 0 aromatic rings. The van der Waals surface area contributed by atoms with Gasteiger partial charge in [0.15, 0.2) is 0 Å². The fraction of sp³-hybridized carbons (Fsp3) is 1.00. The summed E-state index contributed by atoms with van der Waals surface area (Å²) in [6.45, 7) is 0. The standard InChI is InChI=1S/C6H11NO/c8-7-6-4-2-1-3-5-6/h6H,1-5H2. The Morgan fingerprint density at radius 1 is 1.12 bits per heavy atom. The zero-order valence-corrected chi connectivity index (χ0v) is 4.97. The van der Waals surface area contributed by atoms with E-state index in [1.807, 2.05) is 0 Å². The number of nitrogens with zero attached hydrogens (tertiary/aromatic N) is 1. The third kappa shape index (κ3) is 1.29. The van der Waals surface area contributed by atoms with Crippen LogP contribution >= 0.6 is 0 Å². The molecular formula is C6H11NO. The van der Waals surface area contributed by atoms with Gasteiger partial charge < -0.3 is 0 Å². The molecule has 1 rings (SSSR count). The second-order valence-corrected chi connectivity index (χ2v) is 2.40. The summed E-state index contributed by atoms with van der Waals surface area (Å²) in [4.78, 5) is 9.91. The van der Waals surface area contributed by atoms with Gasteiger partial charge in [-0.25, -0.2) is 0 Å². The van der Waals surface area contributed by atoms with Gasteiger partial charge in [0.05, 0.1) is 6.04 Å². The molecule has 1 aliphatic carbocycles. The average Bonchev–Trinajstić information content (AvgIpc) is 1.90. The smallest absolute Gasteiger partial charge is 0.0919 e.